The van der Waals surface area contributed by atoms with E-state index >= 15 is 0 Å². The molecule has 0 unspecified atom stereocenters. The van der Waals surface area contributed by atoms with Crippen LogP contribution in [0.5, 0.6) is 5.75 Å². The molecule has 0 fully saturated rings. The topological polar surface area (TPSA) is 25.0 Å². The van der Waals surface area contributed by atoms with Crippen LogP contribution in [0, 0.1) is 0 Å². The van der Waals surface area contributed by atoms with Crippen LogP contribution < -0.4 is 4.74 Å². The minimum absolute atomic E-state index is 0.828. The standard InChI is InChI=1S/C12H13NO/c1-2-8-7-13-12-9(8)3-4-11-10(12)5-6-14-11/h3-4,7,13H,2,5-6H2,1H3. The summed E-state index contributed by atoms with van der Waals surface area (Å²) >= 11 is 0. The van der Waals surface area contributed by atoms with Crippen LogP contribution in [-0.4, -0.2) is 11.6 Å². The quantitative estimate of drug-likeness (QED) is 0.729. The Kier molecular flexibility index (Phi) is 1.57. The van der Waals surface area contributed by atoms with Gasteiger partial charge in [0.1, 0.15) is 5.75 Å². The Balaban J connectivity index is 2.34. The highest BCUT2D eigenvalue weighted by Crippen LogP contribution is 2.33. The van der Waals surface area contributed by atoms with Gasteiger partial charge in [0.25, 0.3) is 0 Å². The first-order valence-electron chi connectivity index (χ1n) is 5.15. The van der Waals surface area contributed by atoms with Gasteiger partial charge >= 0.3 is 0 Å². The zero-order chi connectivity index (χ0) is 9.54. The first kappa shape index (κ1) is 7.92. The highest BCUT2D eigenvalue weighted by molar-refractivity contribution is 5.88. The first-order chi connectivity index (χ1) is 6.90. The van der Waals surface area contributed by atoms with Gasteiger partial charge in [-0.1, -0.05) is 6.92 Å². The van der Waals surface area contributed by atoms with Crippen LogP contribution >= 0.6 is 0 Å². The van der Waals surface area contributed by atoms with Crippen LogP contribution in [0.25, 0.3) is 10.9 Å². The molecule has 3 rings (SSSR count). The predicted molar refractivity (Wildman–Crippen MR) is 56.9 cm³/mol. The van der Waals surface area contributed by atoms with Crippen LogP contribution in [0.2, 0.25) is 0 Å². The highest BCUT2D eigenvalue weighted by Gasteiger charge is 2.16. The maximum atomic E-state index is 5.53. The van der Waals surface area contributed by atoms with E-state index in [1.165, 1.54) is 22.0 Å². The maximum absolute atomic E-state index is 5.53. The maximum Gasteiger partial charge on any atom is 0.124 e. The third-order valence-electron chi connectivity index (χ3n) is 3.00. The lowest BCUT2D eigenvalue weighted by molar-refractivity contribution is 0.357. The molecule has 0 spiro atoms. The molecule has 0 amide bonds. The van der Waals surface area contributed by atoms with Crippen molar-refractivity contribution in [1.29, 1.82) is 0 Å². The zero-order valence-electron chi connectivity index (χ0n) is 8.26. The van der Waals surface area contributed by atoms with Crippen molar-refractivity contribution < 1.29 is 4.74 Å². The predicted octanol–water partition coefficient (Wildman–Crippen LogP) is 2.67. The Labute approximate surface area is 82.9 Å². The van der Waals surface area contributed by atoms with Crippen molar-refractivity contribution in [3.8, 4) is 5.75 Å². The fourth-order valence-corrected chi connectivity index (χ4v) is 2.24. The summed E-state index contributed by atoms with van der Waals surface area (Å²) < 4.78 is 5.53. The number of hydrogen-bond acceptors (Lipinski definition) is 1. The zero-order valence-corrected chi connectivity index (χ0v) is 8.26. The molecule has 2 aromatic rings. The van der Waals surface area contributed by atoms with E-state index < -0.39 is 0 Å². The molecule has 14 heavy (non-hydrogen) atoms. The summed E-state index contributed by atoms with van der Waals surface area (Å²) in [7, 11) is 0. The average Bonchev–Trinajstić information content (AvgIpc) is 2.82. The summed E-state index contributed by atoms with van der Waals surface area (Å²) in [6.07, 6.45) is 4.24. The second-order valence-corrected chi connectivity index (χ2v) is 3.73. The molecule has 0 radical (unpaired) electrons. The first-order valence-corrected chi connectivity index (χ1v) is 5.15. The molecular weight excluding hydrogens is 174 g/mol. The second kappa shape index (κ2) is 2.77. The van der Waals surface area contributed by atoms with E-state index in [0.29, 0.717) is 0 Å². The summed E-state index contributed by atoms with van der Waals surface area (Å²) in [5.41, 5.74) is 4.02. The molecule has 1 aliphatic rings. The van der Waals surface area contributed by atoms with Crippen molar-refractivity contribution in [1.82, 2.24) is 4.98 Å². The van der Waals surface area contributed by atoms with Gasteiger partial charge in [-0.2, -0.15) is 0 Å². The van der Waals surface area contributed by atoms with E-state index in [-0.39, 0.29) is 0 Å². The van der Waals surface area contributed by atoms with E-state index in [1.807, 2.05) is 0 Å². The number of aromatic amines is 1. The monoisotopic (exact) mass is 187 g/mol. The Morgan fingerprint density at radius 3 is 3.21 bits per heavy atom. The number of aryl methyl sites for hydroxylation is 1. The van der Waals surface area contributed by atoms with Gasteiger partial charge in [0.05, 0.1) is 12.1 Å². The van der Waals surface area contributed by atoms with Gasteiger partial charge in [0.2, 0.25) is 0 Å². The molecule has 1 aromatic carbocycles. The number of benzene rings is 1. The van der Waals surface area contributed by atoms with Gasteiger partial charge in [-0.3, -0.25) is 0 Å². The van der Waals surface area contributed by atoms with Crippen LogP contribution in [0.1, 0.15) is 18.1 Å². The van der Waals surface area contributed by atoms with Gasteiger partial charge in [-0.25, -0.2) is 0 Å². The van der Waals surface area contributed by atoms with Crippen LogP contribution in [0.15, 0.2) is 18.3 Å². The molecule has 1 aromatic heterocycles. The Morgan fingerprint density at radius 2 is 2.36 bits per heavy atom. The summed E-state index contributed by atoms with van der Waals surface area (Å²) in [6.45, 7) is 3.02. The van der Waals surface area contributed by atoms with E-state index in [2.05, 4.69) is 30.2 Å². The third kappa shape index (κ3) is 0.910. The Hall–Kier alpha value is -1.44. The number of fused-ring (bicyclic) bond motifs is 3. The molecule has 0 aliphatic carbocycles. The van der Waals surface area contributed by atoms with Crippen LogP contribution in [0.4, 0.5) is 0 Å². The minimum Gasteiger partial charge on any atom is -0.493 e. The van der Waals surface area contributed by atoms with Crippen molar-refractivity contribution in [3.05, 3.63) is 29.5 Å². The van der Waals surface area contributed by atoms with E-state index in [9.17, 15) is 0 Å². The molecule has 0 saturated carbocycles. The lowest BCUT2D eigenvalue weighted by Crippen LogP contribution is -1.85. The van der Waals surface area contributed by atoms with Crippen molar-refractivity contribution in [2.45, 2.75) is 19.8 Å². The van der Waals surface area contributed by atoms with Gasteiger partial charge in [-0.05, 0) is 24.1 Å². The molecule has 2 nitrogen and oxygen atoms in total. The normalized spacial score (nSPS) is 14.4. The van der Waals surface area contributed by atoms with E-state index in [1.54, 1.807) is 0 Å². The second-order valence-electron chi connectivity index (χ2n) is 3.73. The van der Waals surface area contributed by atoms with E-state index in [0.717, 1.165) is 25.2 Å². The number of hydrogen-bond donors (Lipinski definition) is 1. The molecule has 0 bridgehead atoms. The van der Waals surface area contributed by atoms with Crippen molar-refractivity contribution in [3.63, 3.8) is 0 Å². The fourth-order valence-electron chi connectivity index (χ4n) is 2.24. The smallest absolute Gasteiger partial charge is 0.124 e. The van der Waals surface area contributed by atoms with Crippen molar-refractivity contribution >= 4 is 10.9 Å². The molecule has 0 saturated heterocycles. The van der Waals surface area contributed by atoms with Gasteiger partial charge in [0, 0.05) is 23.6 Å². The van der Waals surface area contributed by atoms with Gasteiger partial charge < -0.3 is 9.72 Å². The summed E-state index contributed by atoms with van der Waals surface area (Å²) in [5.74, 6) is 1.06. The number of rotatable bonds is 1. The van der Waals surface area contributed by atoms with Crippen LogP contribution in [0.3, 0.4) is 0 Å². The fraction of sp³-hybridized carbons (Fsp3) is 0.333. The summed E-state index contributed by atoms with van der Waals surface area (Å²) in [5, 5.41) is 1.36. The highest BCUT2D eigenvalue weighted by atomic mass is 16.5. The molecule has 2 heterocycles. The number of ether oxygens (including phenoxy) is 1. The number of H-pyrrole nitrogens is 1. The van der Waals surface area contributed by atoms with Gasteiger partial charge in [0.15, 0.2) is 0 Å². The molecule has 0 atom stereocenters. The molecule has 1 N–H and O–H groups in total. The third-order valence-corrected chi connectivity index (χ3v) is 3.00. The molecule has 2 heteroatoms. The van der Waals surface area contributed by atoms with Crippen LogP contribution in [-0.2, 0) is 12.8 Å². The number of nitrogens with one attached hydrogen (secondary N) is 1. The van der Waals surface area contributed by atoms with Crippen molar-refractivity contribution in [2.24, 2.45) is 0 Å². The summed E-state index contributed by atoms with van der Waals surface area (Å²) in [4.78, 5) is 3.36. The lowest BCUT2D eigenvalue weighted by Gasteiger charge is -2.00. The molecule has 1 aliphatic heterocycles. The minimum atomic E-state index is 0.828. The van der Waals surface area contributed by atoms with Crippen molar-refractivity contribution in [2.75, 3.05) is 6.61 Å². The lowest BCUT2D eigenvalue weighted by atomic mass is 10.1. The van der Waals surface area contributed by atoms with E-state index in [4.69, 9.17) is 4.74 Å². The SMILES string of the molecule is CCc1c[nH]c2c3c(ccc12)OCC3. The number of aromatic nitrogens is 1. The Morgan fingerprint density at radius 1 is 1.43 bits per heavy atom. The largest absolute Gasteiger partial charge is 0.493 e. The Bertz CT molecular complexity index is 484. The molecule has 72 valence electrons. The summed E-state index contributed by atoms with van der Waals surface area (Å²) in [6, 6.07) is 4.26. The molecular formula is C12H13NO. The van der Waals surface area contributed by atoms with Gasteiger partial charge in [-0.15, -0.1) is 0 Å². The average molecular weight is 187 g/mol.